The maximum atomic E-state index is 11.5. The van der Waals surface area contributed by atoms with E-state index in [-0.39, 0.29) is 13.0 Å². The van der Waals surface area contributed by atoms with E-state index in [2.05, 4.69) is 5.32 Å². The summed E-state index contributed by atoms with van der Waals surface area (Å²) in [6, 6.07) is 6.86. The van der Waals surface area contributed by atoms with Gasteiger partial charge in [0.1, 0.15) is 11.4 Å². The molecule has 2 N–H and O–H groups in total. The monoisotopic (exact) mass is 309 g/mol. The van der Waals surface area contributed by atoms with Gasteiger partial charge in [-0.3, -0.25) is 4.79 Å². The lowest BCUT2D eigenvalue weighted by Crippen LogP contribution is -2.33. The second-order valence-electron chi connectivity index (χ2n) is 5.88. The van der Waals surface area contributed by atoms with Gasteiger partial charge < -0.3 is 19.9 Å². The summed E-state index contributed by atoms with van der Waals surface area (Å²) in [4.78, 5) is 22.9. The molecular weight excluding hydrogens is 286 g/mol. The second-order valence-corrected chi connectivity index (χ2v) is 5.88. The Kier molecular flexibility index (Phi) is 6.22. The van der Waals surface area contributed by atoms with E-state index in [1.165, 1.54) is 0 Å². The van der Waals surface area contributed by atoms with Crippen molar-refractivity contribution in [2.75, 3.05) is 13.7 Å². The Labute approximate surface area is 130 Å². The maximum Gasteiger partial charge on any atom is 0.407 e. The largest absolute Gasteiger partial charge is 0.497 e. The fraction of sp³-hybridized carbons (Fsp3) is 0.500. The van der Waals surface area contributed by atoms with E-state index in [4.69, 9.17) is 9.47 Å². The molecule has 6 heteroatoms. The molecule has 0 aliphatic heterocycles. The van der Waals surface area contributed by atoms with Gasteiger partial charge in [-0.25, -0.2) is 4.79 Å². The Balaban J connectivity index is 2.58. The number of alkyl carbamates (subject to hydrolysis) is 1. The van der Waals surface area contributed by atoms with Gasteiger partial charge in [0.2, 0.25) is 0 Å². The lowest BCUT2D eigenvalue weighted by molar-refractivity contribution is -0.139. The van der Waals surface area contributed by atoms with Crippen LogP contribution in [0, 0.1) is 0 Å². The number of ether oxygens (including phenoxy) is 2. The zero-order valence-electron chi connectivity index (χ0n) is 13.4. The summed E-state index contributed by atoms with van der Waals surface area (Å²) in [5.74, 6) is -0.961. The van der Waals surface area contributed by atoms with Gasteiger partial charge in [-0.2, -0.15) is 0 Å². The smallest absolute Gasteiger partial charge is 0.407 e. The highest BCUT2D eigenvalue weighted by atomic mass is 16.6. The average molecular weight is 309 g/mol. The fourth-order valence-electron chi connectivity index (χ4n) is 1.90. The average Bonchev–Trinajstić information content (AvgIpc) is 2.41. The van der Waals surface area contributed by atoms with Crippen molar-refractivity contribution in [3.05, 3.63) is 29.8 Å². The van der Waals surface area contributed by atoms with Crippen LogP contribution in [0.2, 0.25) is 0 Å². The van der Waals surface area contributed by atoms with Crippen LogP contribution in [0.4, 0.5) is 4.79 Å². The second kappa shape index (κ2) is 7.68. The molecule has 0 fully saturated rings. The highest BCUT2D eigenvalue weighted by Gasteiger charge is 2.21. The van der Waals surface area contributed by atoms with Crippen LogP contribution in [0.3, 0.4) is 0 Å². The van der Waals surface area contributed by atoms with E-state index in [0.717, 1.165) is 0 Å². The number of carboxylic acid groups (broad SMARTS) is 1. The number of carbonyl (C=O) groups excluding carboxylic acids is 1. The van der Waals surface area contributed by atoms with Gasteiger partial charge in [0.25, 0.3) is 0 Å². The number of hydrogen-bond donors (Lipinski definition) is 2. The number of aliphatic carboxylic acids is 1. The molecule has 0 radical (unpaired) electrons. The first kappa shape index (κ1) is 17.8. The molecule has 0 spiro atoms. The summed E-state index contributed by atoms with van der Waals surface area (Å²) in [5, 5.41) is 11.9. The molecule has 0 bridgehead atoms. The molecule has 1 amide bonds. The Morgan fingerprint density at radius 1 is 1.23 bits per heavy atom. The van der Waals surface area contributed by atoms with Crippen LogP contribution >= 0.6 is 0 Å². The molecule has 1 unspecified atom stereocenters. The fourth-order valence-corrected chi connectivity index (χ4v) is 1.90. The van der Waals surface area contributed by atoms with Crippen molar-refractivity contribution < 1.29 is 24.2 Å². The van der Waals surface area contributed by atoms with E-state index in [9.17, 15) is 14.7 Å². The van der Waals surface area contributed by atoms with Crippen molar-refractivity contribution in [2.45, 2.75) is 38.7 Å². The van der Waals surface area contributed by atoms with Crippen LogP contribution in [-0.4, -0.2) is 36.4 Å². The quantitative estimate of drug-likeness (QED) is 0.844. The van der Waals surface area contributed by atoms with Gasteiger partial charge in [0, 0.05) is 6.54 Å². The molecule has 122 valence electrons. The predicted molar refractivity (Wildman–Crippen MR) is 82.2 cm³/mol. The van der Waals surface area contributed by atoms with E-state index in [1.54, 1.807) is 52.1 Å². The zero-order valence-corrected chi connectivity index (χ0v) is 13.4. The number of nitrogens with one attached hydrogen (secondary N) is 1. The molecule has 1 rings (SSSR count). The first-order valence-electron chi connectivity index (χ1n) is 7.06. The summed E-state index contributed by atoms with van der Waals surface area (Å²) in [7, 11) is 1.55. The predicted octanol–water partition coefficient (Wildman–Crippen LogP) is 2.78. The topological polar surface area (TPSA) is 84.9 Å². The number of carbonyl (C=O) groups is 2. The van der Waals surface area contributed by atoms with Crippen molar-refractivity contribution in [1.82, 2.24) is 5.32 Å². The third-order valence-corrected chi connectivity index (χ3v) is 2.92. The van der Waals surface area contributed by atoms with E-state index in [1.807, 2.05) is 0 Å². The summed E-state index contributed by atoms with van der Waals surface area (Å²) in [5.41, 5.74) is 0.0889. The van der Waals surface area contributed by atoms with Crippen LogP contribution in [0.5, 0.6) is 5.75 Å². The minimum atomic E-state index is -0.934. The van der Waals surface area contributed by atoms with Gasteiger partial charge in [-0.05, 0) is 44.9 Å². The number of rotatable bonds is 6. The number of amides is 1. The van der Waals surface area contributed by atoms with Gasteiger partial charge in [-0.1, -0.05) is 12.1 Å². The molecule has 0 aliphatic carbocycles. The molecule has 0 aliphatic rings. The molecule has 0 saturated heterocycles. The molecule has 0 saturated carbocycles. The number of benzene rings is 1. The van der Waals surface area contributed by atoms with E-state index < -0.39 is 23.6 Å². The zero-order chi connectivity index (χ0) is 16.8. The SMILES string of the molecule is COc1ccc(C(CCNC(=O)OC(C)(C)C)C(=O)O)cc1. The van der Waals surface area contributed by atoms with Crippen LogP contribution in [0.25, 0.3) is 0 Å². The number of methoxy groups -OCH3 is 1. The Hall–Kier alpha value is -2.24. The summed E-state index contributed by atoms with van der Waals surface area (Å²) in [6.45, 7) is 5.52. The van der Waals surface area contributed by atoms with Crippen LogP contribution in [-0.2, 0) is 9.53 Å². The lowest BCUT2D eigenvalue weighted by atomic mass is 9.96. The van der Waals surface area contributed by atoms with Gasteiger partial charge in [0.05, 0.1) is 13.0 Å². The molecule has 6 nitrogen and oxygen atoms in total. The molecule has 22 heavy (non-hydrogen) atoms. The van der Waals surface area contributed by atoms with Crippen molar-refractivity contribution in [3.63, 3.8) is 0 Å². The first-order chi connectivity index (χ1) is 10.2. The number of carboxylic acids is 1. The normalized spacial score (nSPS) is 12.4. The molecule has 1 aromatic carbocycles. The standard InChI is InChI=1S/C16H23NO5/c1-16(2,3)22-15(20)17-10-9-13(14(18)19)11-5-7-12(21-4)8-6-11/h5-8,13H,9-10H2,1-4H3,(H,17,20)(H,18,19). The third kappa shape index (κ3) is 6.03. The molecule has 0 aromatic heterocycles. The molecule has 0 heterocycles. The van der Waals surface area contributed by atoms with Crippen molar-refractivity contribution in [1.29, 1.82) is 0 Å². The first-order valence-corrected chi connectivity index (χ1v) is 7.06. The Morgan fingerprint density at radius 2 is 1.82 bits per heavy atom. The Bertz CT molecular complexity index is 504. The minimum absolute atomic E-state index is 0.220. The van der Waals surface area contributed by atoms with Crippen LogP contribution < -0.4 is 10.1 Å². The minimum Gasteiger partial charge on any atom is -0.497 e. The van der Waals surface area contributed by atoms with Gasteiger partial charge in [-0.15, -0.1) is 0 Å². The lowest BCUT2D eigenvalue weighted by Gasteiger charge is -2.20. The van der Waals surface area contributed by atoms with Crippen LogP contribution in [0.1, 0.15) is 38.7 Å². The maximum absolute atomic E-state index is 11.5. The van der Waals surface area contributed by atoms with E-state index >= 15 is 0 Å². The molecule has 1 aromatic rings. The van der Waals surface area contributed by atoms with E-state index in [0.29, 0.717) is 11.3 Å². The van der Waals surface area contributed by atoms with Gasteiger partial charge in [0.15, 0.2) is 0 Å². The molecule has 1 atom stereocenters. The van der Waals surface area contributed by atoms with Gasteiger partial charge >= 0.3 is 12.1 Å². The summed E-state index contributed by atoms with van der Waals surface area (Å²) < 4.78 is 10.1. The highest BCUT2D eigenvalue weighted by Crippen LogP contribution is 2.22. The summed E-state index contributed by atoms with van der Waals surface area (Å²) >= 11 is 0. The third-order valence-electron chi connectivity index (χ3n) is 2.92. The van der Waals surface area contributed by atoms with Crippen molar-refractivity contribution in [2.24, 2.45) is 0 Å². The molecular formula is C16H23NO5. The van der Waals surface area contributed by atoms with Crippen molar-refractivity contribution in [3.8, 4) is 5.75 Å². The summed E-state index contributed by atoms with van der Waals surface area (Å²) in [6.07, 6.45) is -0.271. The Morgan fingerprint density at radius 3 is 2.27 bits per heavy atom. The number of hydrogen-bond acceptors (Lipinski definition) is 4. The van der Waals surface area contributed by atoms with Crippen LogP contribution in [0.15, 0.2) is 24.3 Å². The van der Waals surface area contributed by atoms with Crippen molar-refractivity contribution >= 4 is 12.1 Å². The highest BCUT2D eigenvalue weighted by molar-refractivity contribution is 5.76.